The van der Waals surface area contributed by atoms with E-state index in [1.807, 2.05) is 37.3 Å². The second kappa shape index (κ2) is 9.01. The first-order valence-electron chi connectivity index (χ1n) is 10.1. The Morgan fingerprint density at radius 1 is 1.06 bits per heavy atom. The number of hydrogen-bond donors (Lipinski definition) is 0. The van der Waals surface area contributed by atoms with Crippen LogP contribution in [0.4, 0.5) is 5.82 Å². The molecule has 0 bridgehead atoms. The molecule has 1 fully saturated rings. The zero-order valence-electron chi connectivity index (χ0n) is 17.2. The SMILES string of the molecule is Cc1ccc(Oc2ncccc2-c2noc(-c3cc(N4CCOCC4)ncn3)n2)c(Br)c1. The van der Waals surface area contributed by atoms with E-state index in [0.29, 0.717) is 47.8 Å². The van der Waals surface area contributed by atoms with Crippen LogP contribution in [-0.4, -0.2) is 51.4 Å². The fourth-order valence-corrected chi connectivity index (χ4v) is 3.88. The largest absolute Gasteiger partial charge is 0.437 e. The maximum absolute atomic E-state index is 6.04. The van der Waals surface area contributed by atoms with Gasteiger partial charge in [0.1, 0.15) is 23.6 Å². The molecule has 4 aromatic rings. The molecule has 1 aliphatic heterocycles. The molecule has 5 rings (SSSR count). The van der Waals surface area contributed by atoms with E-state index >= 15 is 0 Å². The van der Waals surface area contributed by atoms with Crippen LogP contribution in [0, 0.1) is 6.92 Å². The van der Waals surface area contributed by atoms with Crippen molar-refractivity contribution in [1.82, 2.24) is 25.1 Å². The van der Waals surface area contributed by atoms with Gasteiger partial charge in [-0.1, -0.05) is 11.2 Å². The first kappa shape index (κ1) is 20.5. The highest BCUT2D eigenvalue weighted by Crippen LogP contribution is 2.34. The van der Waals surface area contributed by atoms with Crippen molar-refractivity contribution < 1.29 is 14.0 Å². The fraction of sp³-hybridized carbons (Fsp3) is 0.227. The minimum absolute atomic E-state index is 0.295. The lowest BCUT2D eigenvalue weighted by Crippen LogP contribution is -2.36. The van der Waals surface area contributed by atoms with Gasteiger partial charge in [-0.25, -0.2) is 15.0 Å². The third kappa shape index (κ3) is 4.32. The van der Waals surface area contributed by atoms with Crippen molar-refractivity contribution in [2.45, 2.75) is 6.92 Å². The molecule has 1 aliphatic rings. The number of nitrogens with zero attached hydrogens (tertiary/aromatic N) is 6. The number of morpholine rings is 1. The van der Waals surface area contributed by atoms with Crippen molar-refractivity contribution >= 4 is 21.7 Å². The zero-order valence-corrected chi connectivity index (χ0v) is 18.8. The second-order valence-electron chi connectivity index (χ2n) is 7.18. The highest BCUT2D eigenvalue weighted by Gasteiger charge is 2.19. The van der Waals surface area contributed by atoms with Gasteiger partial charge in [0.2, 0.25) is 11.7 Å². The molecule has 1 saturated heterocycles. The topological polar surface area (TPSA) is 99.3 Å². The Kier molecular flexibility index (Phi) is 5.78. The molecule has 0 saturated carbocycles. The van der Waals surface area contributed by atoms with Crippen LogP contribution in [0.3, 0.4) is 0 Å². The molecule has 162 valence electrons. The Labute approximate surface area is 192 Å². The number of hydrogen-bond acceptors (Lipinski definition) is 9. The molecule has 1 aromatic carbocycles. The quantitative estimate of drug-likeness (QED) is 0.402. The summed E-state index contributed by atoms with van der Waals surface area (Å²) in [7, 11) is 0. The molecule has 10 heteroatoms. The van der Waals surface area contributed by atoms with Gasteiger partial charge in [0.05, 0.1) is 23.2 Å². The summed E-state index contributed by atoms with van der Waals surface area (Å²) in [6.45, 7) is 4.90. The maximum atomic E-state index is 6.04. The van der Waals surface area contributed by atoms with Crippen LogP contribution >= 0.6 is 15.9 Å². The van der Waals surface area contributed by atoms with Gasteiger partial charge in [-0.15, -0.1) is 0 Å². The minimum Gasteiger partial charge on any atom is -0.437 e. The molecule has 4 heterocycles. The van der Waals surface area contributed by atoms with E-state index in [9.17, 15) is 0 Å². The van der Waals surface area contributed by atoms with E-state index in [1.54, 1.807) is 12.3 Å². The summed E-state index contributed by atoms with van der Waals surface area (Å²) in [6, 6.07) is 11.3. The monoisotopic (exact) mass is 494 g/mol. The predicted molar refractivity (Wildman–Crippen MR) is 121 cm³/mol. The number of ether oxygens (including phenoxy) is 2. The number of halogens is 1. The number of pyridine rings is 1. The van der Waals surface area contributed by atoms with Crippen LogP contribution in [0.5, 0.6) is 11.6 Å². The molecule has 3 aromatic heterocycles. The van der Waals surface area contributed by atoms with E-state index in [2.05, 4.69) is 45.9 Å². The highest BCUT2D eigenvalue weighted by atomic mass is 79.9. The van der Waals surface area contributed by atoms with Crippen molar-refractivity contribution in [3.8, 4) is 34.6 Å². The van der Waals surface area contributed by atoms with E-state index in [4.69, 9.17) is 14.0 Å². The third-order valence-electron chi connectivity index (χ3n) is 4.94. The molecule has 0 unspecified atom stereocenters. The molecule has 0 atom stereocenters. The predicted octanol–water partition coefficient (Wildman–Crippen LogP) is 4.29. The molecule has 0 radical (unpaired) electrons. The standard InChI is InChI=1S/C22H19BrN6O3/c1-14-4-5-18(16(23)11-14)31-21-15(3-2-6-24-21)20-27-22(32-28-20)17-12-19(26-13-25-17)29-7-9-30-10-8-29/h2-6,11-13H,7-10H2,1H3. The molecule has 9 nitrogen and oxygen atoms in total. The fourth-order valence-electron chi connectivity index (χ4n) is 3.30. The van der Waals surface area contributed by atoms with Gasteiger partial charge in [0.25, 0.3) is 5.89 Å². The van der Waals surface area contributed by atoms with Gasteiger partial charge >= 0.3 is 0 Å². The van der Waals surface area contributed by atoms with Gasteiger partial charge in [0, 0.05) is 25.4 Å². The van der Waals surface area contributed by atoms with Gasteiger partial charge in [-0.2, -0.15) is 4.98 Å². The Morgan fingerprint density at radius 2 is 1.94 bits per heavy atom. The van der Waals surface area contributed by atoms with Gasteiger partial charge in [-0.05, 0) is 52.7 Å². The van der Waals surface area contributed by atoms with E-state index in [1.165, 1.54) is 6.33 Å². The Bertz CT molecular complexity index is 1240. The second-order valence-corrected chi connectivity index (χ2v) is 8.03. The third-order valence-corrected chi connectivity index (χ3v) is 5.56. The number of rotatable bonds is 5. The van der Waals surface area contributed by atoms with Crippen molar-refractivity contribution in [1.29, 1.82) is 0 Å². The average molecular weight is 495 g/mol. The summed E-state index contributed by atoms with van der Waals surface area (Å²) in [5.74, 6) is 2.47. The molecule has 0 amide bonds. The van der Waals surface area contributed by atoms with E-state index in [0.717, 1.165) is 28.9 Å². The summed E-state index contributed by atoms with van der Waals surface area (Å²) in [5, 5.41) is 4.13. The molecule has 0 spiro atoms. The summed E-state index contributed by atoms with van der Waals surface area (Å²) in [5.41, 5.74) is 2.28. The molecule has 0 N–H and O–H groups in total. The Morgan fingerprint density at radius 3 is 2.78 bits per heavy atom. The molecule has 0 aliphatic carbocycles. The van der Waals surface area contributed by atoms with Crippen molar-refractivity contribution in [2.75, 3.05) is 31.2 Å². The lowest BCUT2D eigenvalue weighted by molar-refractivity contribution is 0.122. The van der Waals surface area contributed by atoms with E-state index in [-0.39, 0.29) is 0 Å². The lowest BCUT2D eigenvalue weighted by Gasteiger charge is -2.27. The van der Waals surface area contributed by atoms with Gasteiger partial charge < -0.3 is 18.9 Å². The van der Waals surface area contributed by atoms with Crippen LogP contribution < -0.4 is 9.64 Å². The first-order valence-corrected chi connectivity index (χ1v) is 10.8. The number of benzene rings is 1. The van der Waals surface area contributed by atoms with Crippen LogP contribution in [0.15, 0.2) is 57.9 Å². The van der Waals surface area contributed by atoms with Crippen molar-refractivity contribution in [3.63, 3.8) is 0 Å². The number of anilines is 1. The lowest BCUT2D eigenvalue weighted by atomic mass is 10.2. The van der Waals surface area contributed by atoms with Crippen molar-refractivity contribution in [3.05, 3.63) is 59.0 Å². The summed E-state index contributed by atoms with van der Waals surface area (Å²) in [4.78, 5) is 19.7. The summed E-state index contributed by atoms with van der Waals surface area (Å²) < 4.78 is 17.8. The number of aromatic nitrogens is 5. The van der Waals surface area contributed by atoms with Gasteiger partial charge in [0.15, 0.2) is 0 Å². The normalized spacial score (nSPS) is 13.9. The van der Waals surface area contributed by atoms with E-state index < -0.39 is 0 Å². The number of aryl methyl sites for hydroxylation is 1. The molecular weight excluding hydrogens is 476 g/mol. The average Bonchev–Trinajstić information content (AvgIpc) is 3.32. The molecule has 32 heavy (non-hydrogen) atoms. The van der Waals surface area contributed by atoms with Gasteiger partial charge in [-0.3, -0.25) is 0 Å². The van der Waals surface area contributed by atoms with Crippen LogP contribution in [0.2, 0.25) is 0 Å². The highest BCUT2D eigenvalue weighted by molar-refractivity contribution is 9.10. The maximum Gasteiger partial charge on any atom is 0.277 e. The van der Waals surface area contributed by atoms with Crippen LogP contribution in [-0.2, 0) is 4.74 Å². The first-order chi connectivity index (χ1) is 15.7. The summed E-state index contributed by atoms with van der Waals surface area (Å²) in [6.07, 6.45) is 3.15. The zero-order chi connectivity index (χ0) is 21.9. The Hall–Kier alpha value is -3.37. The molecular formula is C22H19BrN6O3. The Balaban J connectivity index is 1.43. The van der Waals surface area contributed by atoms with Crippen LogP contribution in [0.25, 0.3) is 23.0 Å². The summed E-state index contributed by atoms with van der Waals surface area (Å²) >= 11 is 3.53. The van der Waals surface area contributed by atoms with Crippen LogP contribution in [0.1, 0.15) is 5.56 Å². The smallest absolute Gasteiger partial charge is 0.277 e. The van der Waals surface area contributed by atoms with Crippen molar-refractivity contribution in [2.24, 2.45) is 0 Å². The minimum atomic E-state index is 0.295.